The normalized spacial score (nSPS) is 10.5. The summed E-state index contributed by atoms with van der Waals surface area (Å²) in [4.78, 5) is 3.90. The molecule has 0 aliphatic carbocycles. The van der Waals surface area contributed by atoms with Crippen molar-refractivity contribution < 1.29 is 4.39 Å². The largest absolute Gasteiger partial charge is 0.323 e. The van der Waals surface area contributed by atoms with E-state index in [1.807, 2.05) is 0 Å². The maximum Gasteiger partial charge on any atom is 0.149 e. The lowest BCUT2D eigenvalue weighted by atomic mass is 10.2. The summed E-state index contributed by atoms with van der Waals surface area (Å²) in [5, 5.41) is 0.916. The Kier molecular flexibility index (Phi) is 2.23. The number of aromatic nitrogens is 1. The molecule has 0 radical (unpaired) electrons. The molecule has 1 aromatic heterocycles. The van der Waals surface area contributed by atoms with E-state index in [1.165, 1.54) is 18.3 Å². The van der Waals surface area contributed by atoms with Gasteiger partial charge in [0, 0.05) is 11.6 Å². The highest BCUT2D eigenvalue weighted by Gasteiger charge is 2.08. The van der Waals surface area contributed by atoms with Gasteiger partial charge in [0.25, 0.3) is 0 Å². The van der Waals surface area contributed by atoms with Crippen molar-refractivity contribution in [1.82, 2.24) is 4.98 Å². The van der Waals surface area contributed by atoms with Crippen LogP contribution in [0.1, 0.15) is 0 Å². The molecular formula is C9H7ClFN3. The smallest absolute Gasteiger partial charge is 0.149 e. The van der Waals surface area contributed by atoms with Gasteiger partial charge in [-0.15, -0.1) is 0 Å². The fourth-order valence-corrected chi connectivity index (χ4v) is 1.57. The van der Waals surface area contributed by atoms with Crippen LogP contribution < -0.4 is 11.3 Å². The van der Waals surface area contributed by atoms with Crippen molar-refractivity contribution in [1.29, 1.82) is 0 Å². The van der Waals surface area contributed by atoms with Gasteiger partial charge in [0.05, 0.1) is 10.7 Å². The molecule has 0 fully saturated rings. The van der Waals surface area contributed by atoms with E-state index in [2.05, 4.69) is 10.4 Å². The van der Waals surface area contributed by atoms with Crippen LogP contribution in [0.15, 0.2) is 24.4 Å². The highest BCUT2D eigenvalue weighted by atomic mass is 35.5. The number of hydrazine groups is 1. The van der Waals surface area contributed by atoms with Crippen LogP contribution in [-0.4, -0.2) is 4.98 Å². The minimum Gasteiger partial charge on any atom is -0.323 e. The van der Waals surface area contributed by atoms with E-state index in [9.17, 15) is 4.39 Å². The average Bonchev–Trinajstić information content (AvgIpc) is 2.23. The van der Waals surface area contributed by atoms with Gasteiger partial charge >= 0.3 is 0 Å². The maximum atomic E-state index is 13.3. The molecule has 5 heteroatoms. The molecule has 3 nitrogen and oxygen atoms in total. The summed E-state index contributed by atoms with van der Waals surface area (Å²) in [5.41, 5.74) is 3.22. The molecule has 72 valence electrons. The molecule has 2 rings (SSSR count). The van der Waals surface area contributed by atoms with Crippen LogP contribution in [0.3, 0.4) is 0 Å². The Bertz CT molecular complexity index is 487. The second-order valence-corrected chi connectivity index (χ2v) is 3.16. The van der Waals surface area contributed by atoms with E-state index in [4.69, 9.17) is 17.4 Å². The van der Waals surface area contributed by atoms with Crippen LogP contribution in [0.5, 0.6) is 0 Å². The zero-order chi connectivity index (χ0) is 10.1. The van der Waals surface area contributed by atoms with Gasteiger partial charge in [0.15, 0.2) is 0 Å². The summed E-state index contributed by atoms with van der Waals surface area (Å²) in [6.07, 6.45) is 1.47. The number of nitrogen functional groups attached to an aromatic ring is 1. The van der Waals surface area contributed by atoms with Gasteiger partial charge in [0.1, 0.15) is 11.3 Å². The predicted octanol–water partition coefficient (Wildman–Crippen LogP) is 2.31. The van der Waals surface area contributed by atoms with Crippen LogP contribution in [-0.2, 0) is 0 Å². The SMILES string of the molecule is NNc1ccnc2c(F)ccc(Cl)c12. The predicted molar refractivity (Wildman–Crippen MR) is 54.5 cm³/mol. The fourth-order valence-electron chi connectivity index (χ4n) is 1.31. The molecule has 1 aromatic carbocycles. The van der Waals surface area contributed by atoms with Gasteiger partial charge in [-0.1, -0.05) is 11.6 Å². The van der Waals surface area contributed by atoms with Crippen LogP contribution in [0.2, 0.25) is 5.02 Å². The van der Waals surface area contributed by atoms with E-state index in [-0.39, 0.29) is 5.52 Å². The number of hydrogen-bond donors (Lipinski definition) is 2. The molecule has 0 bridgehead atoms. The molecule has 0 unspecified atom stereocenters. The molecule has 0 aliphatic heterocycles. The van der Waals surface area contributed by atoms with Crippen molar-refractivity contribution in [2.24, 2.45) is 5.84 Å². The van der Waals surface area contributed by atoms with Crippen molar-refractivity contribution in [3.63, 3.8) is 0 Å². The van der Waals surface area contributed by atoms with E-state index < -0.39 is 5.82 Å². The number of hydrogen-bond acceptors (Lipinski definition) is 3. The highest BCUT2D eigenvalue weighted by Crippen LogP contribution is 2.29. The van der Waals surface area contributed by atoms with Gasteiger partial charge in [-0.05, 0) is 18.2 Å². The van der Waals surface area contributed by atoms with Gasteiger partial charge in [-0.2, -0.15) is 0 Å². The Morgan fingerprint density at radius 1 is 1.36 bits per heavy atom. The van der Waals surface area contributed by atoms with E-state index in [1.54, 1.807) is 6.07 Å². The van der Waals surface area contributed by atoms with Crippen LogP contribution >= 0.6 is 11.6 Å². The number of anilines is 1. The van der Waals surface area contributed by atoms with Gasteiger partial charge in [-0.25, -0.2) is 4.39 Å². The first-order valence-corrected chi connectivity index (χ1v) is 4.31. The summed E-state index contributed by atoms with van der Waals surface area (Å²) in [6.45, 7) is 0. The third-order valence-electron chi connectivity index (χ3n) is 1.95. The zero-order valence-corrected chi connectivity index (χ0v) is 7.85. The number of nitrogens with zero attached hydrogens (tertiary/aromatic N) is 1. The number of rotatable bonds is 1. The topological polar surface area (TPSA) is 50.9 Å². The summed E-state index contributed by atoms with van der Waals surface area (Å²) in [5.74, 6) is 4.86. The monoisotopic (exact) mass is 211 g/mol. The standard InChI is InChI=1S/C9H7ClFN3/c10-5-1-2-6(11)9-8(5)7(14-12)3-4-13-9/h1-4H,12H2,(H,13,14). The molecule has 2 aromatic rings. The molecule has 1 heterocycles. The maximum absolute atomic E-state index is 13.3. The van der Waals surface area contributed by atoms with Crippen LogP contribution in [0.4, 0.5) is 10.1 Å². The van der Waals surface area contributed by atoms with Crippen molar-refractivity contribution >= 4 is 28.2 Å². The Balaban J connectivity index is 2.92. The van der Waals surface area contributed by atoms with Crippen LogP contribution in [0, 0.1) is 5.82 Å². The molecule has 0 saturated carbocycles. The highest BCUT2D eigenvalue weighted by molar-refractivity contribution is 6.36. The summed E-state index contributed by atoms with van der Waals surface area (Å²) in [7, 11) is 0. The second kappa shape index (κ2) is 3.40. The summed E-state index contributed by atoms with van der Waals surface area (Å²) < 4.78 is 13.3. The first kappa shape index (κ1) is 9.18. The minimum absolute atomic E-state index is 0.216. The quantitative estimate of drug-likeness (QED) is 0.562. The molecular weight excluding hydrogens is 205 g/mol. The number of nitrogens with one attached hydrogen (secondary N) is 1. The molecule has 3 N–H and O–H groups in total. The molecule has 14 heavy (non-hydrogen) atoms. The lowest BCUT2D eigenvalue weighted by Crippen LogP contribution is -2.07. The van der Waals surface area contributed by atoms with Crippen molar-refractivity contribution in [2.75, 3.05) is 5.43 Å². The molecule has 0 saturated heterocycles. The van der Waals surface area contributed by atoms with Crippen LogP contribution in [0.25, 0.3) is 10.9 Å². The Hall–Kier alpha value is -1.39. The third kappa shape index (κ3) is 1.29. The first-order chi connectivity index (χ1) is 6.74. The molecule has 0 atom stereocenters. The minimum atomic E-state index is -0.415. The first-order valence-electron chi connectivity index (χ1n) is 3.93. The van der Waals surface area contributed by atoms with E-state index >= 15 is 0 Å². The molecule has 0 aliphatic rings. The number of halogens is 2. The number of nitrogens with two attached hydrogens (primary N) is 1. The lowest BCUT2D eigenvalue weighted by Gasteiger charge is -2.06. The molecule has 0 amide bonds. The fraction of sp³-hybridized carbons (Fsp3) is 0. The second-order valence-electron chi connectivity index (χ2n) is 2.76. The number of benzene rings is 1. The van der Waals surface area contributed by atoms with Gasteiger partial charge < -0.3 is 5.43 Å². The average molecular weight is 212 g/mol. The van der Waals surface area contributed by atoms with Gasteiger partial charge in [-0.3, -0.25) is 10.8 Å². The van der Waals surface area contributed by atoms with Crippen molar-refractivity contribution in [2.45, 2.75) is 0 Å². The lowest BCUT2D eigenvalue weighted by molar-refractivity contribution is 0.637. The third-order valence-corrected chi connectivity index (χ3v) is 2.26. The zero-order valence-electron chi connectivity index (χ0n) is 7.09. The Morgan fingerprint density at radius 2 is 2.14 bits per heavy atom. The summed E-state index contributed by atoms with van der Waals surface area (Å²) >= 11 is 5.91. The number of fused-ring (bicyclic) bond motifs is 1. The molecule has 0 spiro atoms. The number of pyridine rings is 1. The summed E-state index contributed by atoms with van der Waals surface area (Å²) in [6, 6.07) is 4.38. The van der Waals surface area contributed by atoms with Gasteiger partial charge in [0.2, 0.25) is 0 Å². The van der Waals surface area contributed by atoms with E-state index in [0.29, 0.717) is 16.1 Å². The van der Waals surface area contributed by atoms with Crippen molar-refractivity contribution in [3.05, 3.63) is 35.2 Å². The Morgan fingerprint density at radius 3 is 2.86 bits per heavy atom. The van der Waals surface area contributed by atoms with Crippen molar-refractivity contribution in [3.8, 4) is 0 Å². The Labute approximate surface area is 84.7 Å². The van der Waals surface area contributed by atoms with E-state index in [0.717, 1.165) is 0 Å².